The van der Waals surface area contributed by atoms with Gasteiger partial charge in [0.2, 0.25) is 0 Å². The molecule has 6 nitrogen and oxygen atoms in total. The Morgan fingerprint density at radius 3 is 2.07 bits per heavy atom. The smallest absolute Gasteiger partial charge is 0.184 e. The lowest BCUT2D eigenvalue weighted by atomic mass is 9.97. The fourth-order valence-electron chi connectivity index (χ4n) is 6.09. The van der Waals surface area contributed by atoms with Crippen LogP contribution in [-0.2, 0) is 29.2 Å². The molecule has 42 heavy (non-hydrogen) atoms. The van der Waals surface area contributed by atoms with Crippen molar-refractivity contribution in [2.24, 2.45) is 5.73 Å². The van der Waals surface area contributed by atoms with Gasteiger partial charge in [-0.3, -0.25) is 9.80 Å². The van der Waals surface area contributed by atoms with E-state index < -0.39 is 6.29 Å². The maximum atomic E-state index is 9.53. The maximum absolute atomic E-state index is 9.53. The first kappa shape index (κ1) is 28.7. The average molecular weight is 564 g/mol. The molecule has 2 aliphatic rings. The zero-order valence-corrected chi connectivity index (χ0v) is 24.1. The van der Waals surface area contributed by atoms with Gasteiger partial charge in [0.15, 0.2) is 6.29 Å². The van der Waals surface area contributed by atoms with Crippen LogP contribution in [0.15, 0.2) is 103 Å². The van der Waals surface area contributed by atoms with Gasteiger partial charge in [0.25, 0.3) is 0 Å². The van der Waals surface area contributed by atoms with Crippen LogP contribution in [0.5, 0.6) is 0 Å². The van der Waals surface area contributed by atoms with Crippen LogP contribution in [0.25, 0.3) is 11.1 Å². The van der Waals surface area contributed by atoms with Gasteiger partial charge in [0, 0.05) is 57.8 Å². The first-order valence-electron chi connectivity index (χ1n) is 15.1. The summed E-state index contributed by atoms with van der Waals surface area (Å²) in [5.41, 5.74) is 13.8. The summed E-state index contributed by atoms with van der Waals surface area (Å²) in [6.45, 7) is 6.60. The van der Waals surface area contributed by atoms with Crippen molar-refractivity contribution in [2.75, 3.05) is 32.7 Å². The van der Waals surface area contributed by atoms with E-state index in [1.165, 1.54) is 5.56 Å². The normalized spacial score (nSPS) is 21.8. The molecule has 2 heterocycles. The molecule has 0 bridgehead atoms. The largest absolute Gasteiger partial charge is 0.392 e. The van der Waals surface area contributed by atoms with Crippen molar-refractivity contribution in [1.29, 1.82) is 0 Å². The molecule has 2 aliphatic heterocycles. The summed E-state index contributed by atoms with van der Waals surface area (Å²) >= 11 is 0. The zero-order chi connectivity index (χ0) is 28.7. The van der Waals surface area contributed by atoms with Crippen LogP contribution in [0.2, 0.25) is 0 Å². The van der Waals surface area contributed by atoms with Gasteiger partial charge in [-0.25, -0.2) is 0 Å². The van der Waals surface area contributed by atoms with Gasteiger partial charge in [0.05, 0.1) is 18.8 Å². The van der Waals surface area contributed by atoms with Crippen molar-refractivity contribution in [3.63, 3.8) is 0 Å². The number of aliphatic hydroxyl groups excluding tert-OH is 1. The first-order chi connectivity index (χ1) is 20.7. The molecule has 0 amide bonds. The topological polar surface area (TPSA) is 71.2 Å². The van der Waals surface area contributed by atoms with Crippen LogP contribution in [0.4, 0.5) is 0 Å². The number of nitrogens with zero attached hydrogens (tertiary/aromatic N) is 2. The molecule has 6 heteroatoms. The summed E-state index contributed by atoms with van der Waals surface area (Å²) in [6, 6.07) is 35.6. The second kappa shape index (κ2) is 13.7. The van der Waals surface area contributed by atoms with Gasteiger partial charge in [-0.15, -0.1) is 0 Å². The molecule has 4 aromatic carbocycles. The first-order valence-corrected chi connectivity index (χ1v) is 15.1. The number of piperazine rings is 1. The van der Waals surface area contributed by atoms with Crippen molar-refractivity contribution in [3.8, 4) is 11.1 Å². The fourth-order valence-corrected chi connectivity index (χ4v) is 6.09. The van der Waals surface area contributed by atoms with Crippen LogP contribution in [-0.4, -0.2) is 53.7 Å². The van der Waals surface area contributed by atoms with Crippen LogP contribution in [0, 0.1) is 0 Å². The Labute approximate surface area is 249 Å². The molecular weight excluding hydrogens is 522 g/mol. The second-order valence-electron chi connectivity index (χ2n) is 11.4. The van der Waals surface area contributed by atoms with Crippen LogP contribution >= 0.6 is 0 Å². The van der Waals surface area contributed by atoms with Crippen LogP contribution < -0.4 is 5.73 Å². The van der Waals surface area contributed by atoms with E-state index in [2.05, 4.69) is 94.7 Å². The molecule has 218 valence electrons. The van der Waals surface area contributed by atoms with E-state index in [1.807, 2.05) is 18.2 Å². The molecule has 2 fully saturated rings. The summed E-state index contributed by atoms with van der Waals surface area (Å²) in [6.07, 6.45) is 0.300. The second-order valence-corrected chi connectivity index (χ2v) is 11.4. The van der Waals surface area contributed by atoms with E-state index >= 15 is 0 Å². The van der Waals surface area contributed by atoms with E-state index in [0.717, 1.165) is 79.1 Å². The molecule has 0 aliphatic carbocycles. The molecule has 2 saturated heterocycles. The molecule has 0 radical (unpaired) electrons. The molecule has 4 aromatic rings. The maximum Gasteiger partial charge on any atom is 0.184 e. The minimum absolute atomic E-state index is 0.0377. The molecule has 0 spiro atoms. The van der Waals surface area contributed by atoms with Gasteiger partial charge in [-0.1, -0.05) is 103 Å². The third-order valence-corrected chi connectivity index (χ3v) is 8.52. The number of ether oxygens (including phenoxy) is 2. The van der Waals surface area contributed by atoms with Crippen molar-refractivity contribution in [1.82, 2.24) is 9.80 Å². The molecule has 0 unspecified atom stereocenters. The minimum atomic E-state index is -0.454. The summed E-state index contributed by atoms with van der Waals surface area (Å²) in [4.78, 5) is 5.07. The third-order valence-electron chi connectivity index (χ3n) is 8.52. The quantitative estimate of drug-likeness (QED) is 0.274. The standard InChI is InChI=1S/C36H41N3O3/c37-23-32-8-4-5-9-34(32)29-14-16-31(17-15-29)36-41-33(22-35(42-36)30-12-10-28(26-40)11-13-30)25-39-20-18-38(19-21-39)24-27-6-2-1-3-7-27/h1-17,33,35-36,40H,18-26,37H2/t33-,35+,36+/m1/s1. The van der Waals surface area contributed by atoms with E-state index in [9.17, 15) is 5.11 Å². The molecule has 0 aromatic heterocycles. The number of benzene rings is 4. The molecule has 3 atom stereocenters. The van der Waals surface area contributed by atoms with Gasteiger partial charge >= 0.3 is 0 Å². The number of nitrogens with two attached hydrogens (primary N) is 1. The van der Waals surface area contributed by atoms with Crippen molar-refractivity contribution >= 4 is 0 Å². The number of rotatable bonds is 9. The summed E-state index contributed by atoms with van der Waals surface area (Å²) in [7, 11) is 0. The van der Waals surface area contributed by atoms with E-state index in [4.69, 9.17) is 15.2 Å². The highest BCUT2D eigenvalue weighted by atomic mass is 16.7. The van der Waals surface area contributed by atoms with Crippen LogP contribution in [0.3, 0.4) is 0 Å². The minimum Gasteiger partial charge on any atom is -0.392 e. The Morgan fingerprint density at radius 2 is 1.36 bits per heavy atom. The van der Waals surface area contributed by atoms with Gasteiger partial charge in [-0.05, 0) is 33.4 Å². The Balaban J connectivity index is 1.15. The molecule has 6 rings (SSSR count). The van der Waals surface area contributed by atoms with Crippen molar-refractivity contribution in [3.05, 3.63) is 131 Å². The summed E-state index contributed by atoms with van der Waals surface area (Å²) in [5.74, 6) is 0. The number of hydrogen-bond donors (Lipinski definition) is 2. The lowest BCUT2D eigenvalue weighted by molar-refractivity contribution is -0.253. The highest BCUT2D eigenvalue weighted by molar-refractivity contribution is 5.67. The average Bonchev–Trinajstić information content (AvgIpc) is 3.06. The third kappa shape index (κ3) is 6.98. The SMILES string of the molecule is NCc1ccccc1-c1ccc([C@H]2O[C@@H](CN3CCN(Cc4ccccc4)CC3)C[C@@H](c3ccc(CO)cc3)O2)cc1. The molecular formula is C36H41N3O3. The molecule has 0 saturated carbocycles. The lowest BCUT2D eigenvalue weighted by Crippen LogP contribution is -2.49. The van der Waals surface area contributed by atoms with Gasteiger partial charge in [0.1, 0.15) is 0 Å². The highest BCUT2D eigenvalue weighted by Gasteiger charge is 2.33. The fraction of sp³-hybridized carbons (Fsp3) is 0.333. The zero-order valence-electron chi connectivity index (χ0n) is 24.1. The predicted molar refractivity (Wildman–Crippen MR) is 166 cm³/mol. The van der Waals surface area contributed by atoms with Crippen molar-refractivity contribution in [2.45, 2.75) is 44.6 Å². The Morgan fingerprint density at radius 1 is 0.690 bits per heavy atom. The summed E-state index contributed by atoms with van der Waals surface area (Å²) in [5, 5.41) is 9.53. The van der Waals surface area contributed by atoms with Crippen molar-refractivity contribution < 1.29 is 14.6 Å². The Kier molecular flexibility index (Phi) is 9.41. The highest BCUT2D eigenvalue weighted by Crippen LogP contribution is 2.39. The van der Waals surface area contributed by atoms with Gasteiger partial charge in [-0.2, -0.15) is 0 Å². The van der Waals surface area contributed by atoms with E-state index in [-0.39, 0.29) is 18.8 Å². The Bertz CT molecular complexity index is 1400. The van der Waals surface area contributed by atoms with E-state index in [1.54, 1.807) is 0 Å². The van der Waals surface area contributed by atoms with Crippen LogP contribution in [0.1, 0.15) is 46.6 Å². The predicted octanol–water partition coefficient (Wildman–Crippen LogP) is 5.67. The monoisotopic (exact) mass is 563 g/mol. The van der Waals surface area contributed by atoms with Gasteiger partial charge < -0.3 is 20.3 Å². The lowest BCUT2D eigenvalue weighted by Gasteiger charge is -2.40. The van der Waals surface area contributed by atoms with E-state index in [0.29, 0.717) is 6.54 Å². The Hall–Kier alpha value is -3.36. The number of hydrogen-bond acceptors (Lipinski definition) is 6. The number of aliphatic hydroxyl groups is 1. The molecule has 3 N–H and O–H groups in total. The summed E-state index contributed by atoms with van der Waals surface area (Å²) < 4.78 is 13.2.